The summed E-state index contributed by atoms with van der Waals surface area (Å²) in [7, 11) is 1.76. The van der Waals surface area contributed by atoms with Crippen molar-refractivity contribution in [1.29, 1.82) is 0 Å². The number of piperazine rings is 1. The summed E-state index contributed by atoms with van der Waals surface area (Å²) in [5, 5.41) is 3.17. The zero-order valence-electron chi connectivity index (χ0n) is 13.3. The average molecular weight is 368 g/mol. The molecule has 1 saturated heterocycles. The Morgan fingerprint density at radius 3 is 2.62 bits per heavy atom. The van der Waals surface area contributed by atoms with E-state index in [0.29, 0.717) is 25.2 Å². The summed E-state index contributed by atoms with van der Waals surface area (Å²) in [6.45, 7) is 3.53. The van der Waals surface area contributed by atoms with E-state index in [0.717, 1.165) is 13.1 Å². The first kappa shape index (κ1) is 20.5. The van der Waals surface area contributed by atoms with Gasteiger partial charge in [-0.15, -0.1) is 25.6 Å². The molecule has 0 atom stereocenters. The molecule has 0 aromatic heterocycles. The van der Waals surface area contributed by atoms with Gasteiger partial charge in [-0.3, -0.25) is 9.69 Å². The van der Waals surface area contributed by atoms with Gasteiger partial charge in [0.25, 0.3) is 0 Å². The molecule has 0 radical (unpaired) electrons. The molecule has 24 heavy (non-hydrogen) atoms. The fourth-order valence-corrected chi connectivity index (χ4v) is 2.45. The molecule has 0 bridgehead atoms. The minimum absolute atomic E-state index is 0. The molecule has 0 spiro atoms. The van der Waals surface area contributed by atoms with E-state index in [4.69, 9.17) is 0 Å². The third-order valence-corrected chi connectivity index (χ3v) is 3.46. The van der Waals surface area contributed by atoms with Crippen LogP contribution in [0.1, 0.15) is 5.56 Å². The molecule has 1 fully saturated rings. The van der Waals surface area contributed by atoms with Crippen LogP contribution in [0, 0.1) is 0 Å². The molecule has 1 heterocycles. The first-order valence-electron chi connectivity index (χ1n) is 7.35. The average Bonchev–Trinajstić information content (AvgIpc) is 2.46. The topological polar surface area (TPSA) is 44.8 Å². The predicted molar refractivity (Wildman–Crippen MR) is 86.2 cm³/mol. The highest BCUT2D eigenvalue weighted by Crippen LogP contribution is 2.23. The van der Waals surface area contributed by atoms with Crippen molar-refractivity contribution < 1.29 is 22.7 Å². The number of nitrogens with one attached hydrogen (secondary N) is 1. The molecular formula is C15H21ClF3N3O2. The predicted octanol–water partition coefficient (Wildman–Crippen LogP) is 1.87. The Hall–Kier alpha value is -1.51. The Kier molecular flexibility index (Phi) is 7.78. The van der Waals surface area contributed by atoms with Gasteiger partial charge in [0, 0.05) is 32.7 Å². The number of alkyl halides is 3. The van der Waals surface area contributed by atoms with Gasteiger partial charge in [-0.05, 0) is 24.7 Å². The molecule has 5 nitrogen and oxygen atoms in total. The highest BCUT2D eigenvalue weighted by molar-refractivity contribution is 5.85. The van der Waals surface area contributed by atoms with E-state index >= 15 is 0 Å². The summed E-state index contributed by atoms with van der Waals surface area (Å²) in [5.74, 6) is -0.228. The SMILES string of the molecule is CN(CC(=O)N1CCNCC1)Cc1cccc(OC(F)(F)F)c1.Cl. The third kappa shape index (κ3) is 6.94. The molecule has 1 amide bonds. The monoisotopic (exact) mass is 367 g/mol. The lowest BCUT2D eigenvalue weighted by molar-refractivity contribution is -0.274. The summed E-state index contributed by atoms with van der Waals surface area (Å²) in [5.41, 5.74) is 0.655. The van der Waals surface area contributed by atoms with Gasteiger partial charge < -0.3 is 15.0 Å². The van der Waals surface area contributed by atoms with Crippen LogP contribution >= 0.6 is 12.4 Å². The fraction of sp³-hybridized carbons (Fsp3) is 0.533. The summed E-state index contributed by atoms with van der Waals surface area (Å²) >= 11 is 0. The van der Waals surface area contributed by atoms with Crippen molar-refractivity contribution in [2.75, 3.05) is 39.8 Å². The standard InChI is InChI=1S/C15H20F3N3O2.ClH/c1-20(11-14(22)21-7-5-19-6-8-21)10-12-3-2-4-13(9-12)23-15(16,17)18;/h2-4,9,19H,5-8,10-11H2,1H3;1H. The van der Waals surface area contributed by atoms with Gasteiger partial charge in [-0.25, -0.2) is 0 Å². The lowest BCUT2D eigenvalue weighted by atomic mass is 10.2. The van der Waals surface area contributed by atoms with Crippen LogP contribution in [0.15, 0.2) is 24.3 Å². The van der Waals surface area contributed by atoms with Crippen molar-refractivity contribution in [2.24, 2.45) is 0 Å². The normalized spacial score (nSPS) is 15.1. The van der Waals surface area contributed by atoms with E-state index in [1.807, 2.05) is 0 Å². The van der Waals surface area contributed by atoms with E-state index in [9.17, 15) is 18.0 Å². The van der Waals surface area contributed by atoms with Gasteiger partial charge in [0.1, 0.15) is 5.75 Å². The Balaban J connectivity index is 0.00000288. The Bertz CT molecular complexity index is 537. The second-order valence-electron chi connectivity index (χ2n) is 5.50. The highest BCUT2D eigenvalue weighted by Gasteiger charge is 2.31. The number of hydrogen-bond acceptors (Lipinski definition) is 4. The van der Waals surface area contributed by atoms with Crippen LogP contribution in [0.4, 0.5) is 13.2 Å². The Morgan fingerprint density at radius 2 is 2.00 bits per heavy atom. The number of likely N-dealkylation sites (N-methyl/N-ethyl adjacent to an activating group) is 1. The first-order valence-corrected chi connectivity index (χ1v) is 7.35. The minimum atomic E-state index is -4.71. The number of rotatable bonds is 5. The second kappa shape index (κ2) is 9.10. The zero-order chi connectivity index (χ0) is 16.9. The number of halogens is 4. The van der Waals surface area contributed by atoms with Gasteiger partial charge in [-0.2, -0.15) is 0 Å². The summed E-state index contributed by atoms with van der Waals surface area (Å²) < 4.78 is 40.6. The smallest absolute Gasteiger partial charge is 0.406 e. The van der Waals surface area contributed by atoms with Crippen molar-refractivity contribution in [1.82, 2.24) is 15.1 Å². The Morgan fingerprint density at radius 1 is 1.33 bits per heavy atom. The van der Waals surface area contributed by atoms with Crippen LogP contribution in [-0.4, -0.2) is 61.8 Å². The first-order chi connectivity index (χ1) is 10.8. The van der Waals surface area contributed by atoms with E-state index in [-0.39, 0.29) is 30.6 Å². The number of nitrogens with zero attached hydrogens (tertiary/aromatic N) is 2. The summed E-state index contributed by atoms with van der Waals surface area (Å²) in [6.07, 6.45) is -4.71. The van der Waals surface area contributed by atoms with E-state index in [1.54, 1.807) is 22.9 Å². The van der Waals surface area contributed by atoms with Crippen LogP contribution in [0.3, 0.4) is 0 Å². The molecule has 0 unspecified atom stereocenters. The lowest BCUT2D eigenvalue weighted by Crippen LogP contribution is -2.49. The summed E-state index contributed by atoms with van der Waals surface area (Å²) in [6, 6.07) is 5.79. The van der Waals surface area contributed by atoms with Gasteiger partial charge in [0.15, 0.2) is 0 Å². The second-order valence-corrected chi connectivity index (χ2v) is 5.50. The maximum absolute atomic E-state index is 12.2. The molecule has 1 aliphatic rings. The molecule has 1 aromatic carbocycles. The van der Waals surface area contributed by atoms with Crippen molar-refractivity contribution >= 4 is 18.3 Å². The zero-order valence-corrected chi connectivity index (χ0v) is 14.1. The quantitative estimate of drug-likeness (QED) is 0.863. The van der Waals surface area contributed by atoms with Gasteiger partial charge >= 0.3 is 6.36 Å². The fourth-order valence-electron chi connectivity index (χ4n) is 2.45. The largest absolute Gasteiger partial charge is 0.573 e. The maximum Gasteiger partial charge on any atom is 0.573 e. The number of hydrogen-bond donors (Lipinski definition) is 1. The van der Waals surface area contributed by atoms with Crippen LogP contribution in [-0.2, 0) is 11.3 Å². The van der Waals surface area contributed by atoms with Crippen LogP contribution < -0.4 is 10.1 Å². The van der Waals surface area contributed by atoms with Crippen molar-refractivity contribution in [3.63, 3.8) is 0 Å². The third-order valence-electron chi connectivity index (χ3n) is 3.46. The lowest BCUT2D eigenvalue weighted by Gasteiger charge is -2.29. The Labute approximate surface area is 145 Å². The van der Waals surface area contributed by atoms with Gasteiger partial charge in [0.05, 0.1) is 6.54 Å². The highest BCUT2D eigenvalue weighted by atomic mass is 35.5. The number of carbonyl (C=O) groups excluding carboxylic acids is 1. The molecule has 0 aliphatic carbocycles. The number of amides is 1. The molecule has 1 aromatic rings. The van der Waals surface area contributed by atoms with Crippen molar-refractivity contribution in [3.05, 3.63) is 29.8 Å². The molecule has 1 aliphatic heterocycles. The number of benzene rings is 1. The molecule has 0 saturated carbocycles. The molecule has 1 N–H and O–H groups in total. The molecule has 9 heteroatoms. The summed E-state index contributed by atoms with van der Waals surface area (Å²) in [4.78, 5) is 15.7. The van der Waals surface area contributed by atoms with E-state index in [2.05, 4.69) is 10.1 Å². The van der Waals surface area contributed by atoms with Gasteiger partial charge in [0.2, 0.25) is 5.91 Å². The maximum atomic E-state index is 12.2. The van der Waals surface area contributed by atoms with E-state index < -0.39 is 6.36 Å². The number of carbonyl (C=O) groups is 1. The van der Waals surface area contributed by atoms with Crippen LogP contribution in [0.5, 0.6) is 5.75 Å². The van der Waals surface area contributed by atoms with Crippen molar-refractivity contribution in [3.8, 4) is 5.75 Å². The van der Waals surface area contributed by atoms with Crippen LogP contribution in [0.25, 0.3) is 0 Å². The van der Waals surface area contributed by atoms with Gasteiger partial charge in [-0.1, -0.05) is 12.1 Å². The minimum Gasteiger partial charge on any atom is -0.406 e. The van der Waals surface area contributed by atoms with E-state index in [1.165, 1.54) is 18.2 Å². The molecular weight excluding hydrogens is 347 g/mol. The molecule has 136 valence electrons. The molecule has 2 rings (SSSR count). The number of ether oxygens (including phenoxy) is 1. The van der Waals surface area contributed by atoms with Crippen LogP contribution in [0.2, 0.25) is 0 Å². The van der Waals surface area contributed by atoms with Crippen molar-refractivity contribution in [2.45, 2.75) is 12.9 Å².